The summed E-state index contributed by atoms with van der Waals surface area (Å²) in [5.74, 6) is 1.59. The monoisotopic (exact) mass is 244 g/mol. The Hall–Kier alpha value is -1.51. The fourth-order valence-electron chi connectivity index (χ4n) is 3.41. The van der Waals surface area contributed by atoms with Gasteiger partial charge in [0, 0.05) is 18.5 Å². The molecule has 0 saturated heterocycles. The molecule has 1 aromatic carbocycles. The average Bonchev–Trinajstić information content (AvgIpc) is 2.98. The summed E-state index contributed by atoms with van der Waals surface area (Å²) < 4.78 is 0. The van der Waals surface area contributed by atoms with Crippen LogP contribution in [-0.4, -0.2) is 35.5 Å². The summed E-state index contributed by atoms with van der Waals surface area (Å²) >= 11 is 0. The van der Waals surface area contributed by atoms with Crippen LogP contribution in [0.3, 0.4) is 0 Å². The lowest BCUT2D eigenvalue weighted by atomic mass is 9.92. The molecule has 96 valence electrons. The van der Waals surface area contributed by atoms with Crippen LogP contribution < -0.4 is 0 Å². The Bertz CT molecular complexity index is 458. The highest BCUT2D eigenvalue weighted by Crippen LogP contribution is 2.43. The molecule has 1 aliphatic carbocycles. The summed E-state index contributed by atoms with van der Waals surface area (Å²) in [6.45, 7) is 4.25. The third-order valence-electron chi connectivity index (χ3n) is 4.24. The predicted molar refractivity (Wildman–Crippen MR) is 73.1 cm³/mol. The first-order chi connectivity index (χ1) is 8.75. The van der Waals surface area contributed by atoms with E-state index in [-0.39, 0.29) is 0 Å². The van der Waals surface area contributed by atoms with E-state index in [0.29, 0.717) is 23.6 Å². The molecule has 1 saturated carbocycles. The van der Waals surface area contributed by atoms with Crippen molar-refractivity contribution in [1.82, 2.24) is 4.90 Å². The Morgan fingerprint density at radius 2 is 2.11 bits per heavy atom. The molecule has 2 aliphatic rings. The number of hydrogen-bond donors (Lipinski definition) is 1. The normalized spacial score (nSPS) is 31.2. The molecule has 0 amide bonds. The van der Waals surface area contributed by atoms with Gasteiger partial charge in [0.25, 0.3) is 0 Å². The zero-order valence-corrected chi connectivity index (χ0v) is 10.8. The highest BCUT2D eigenvalue weighted by molar-refractivity contribution is 5.58. The van der Waals surface area contributed by atoms with Crippen LogP contribution in [0.5, 0.6) is 5.75 Å². The molecule has 0 aromatic heterocycles. The number of phenols is 1. The molecule has 0 spiro atoms. The summed E-state index contributed by atoms with van der Waals surface area (Å²) in [6.07, 6.45) is 4.35. The molecular formula is C15H20N2O. The fourth-order valence-corrected chi connectivity index (χ4v) is 3.41. The van der Waals surface area contributed by atoms with E-state index in [0.717, 1.165) is 25.1 Å². The number of aromatic hydroxyl groups is 1. The molecule has 0 bridgehead atoms. The second-order valence-corrected chi connectivity index (χ2v) is 5.57. The number of para-hydroxylation sites is 1. The van der Waals surface area contributed by atoms with Gasteiger partial charge in [-0.2, -0.15) is 0 Å². The number of phenolic OH excluding ortho intramolecular Hbond substituents is 1. The van der Waals surface area contributed by atoms with E-state index in [1.54, 1.807) is 6.07 Å². The number of aliphatic imine (C=N–C) groups is 1. The molecule has 3 nitrogen and oxygen atoms in total. The Morgan fingerprint density at radius 1 is 1.28 bits per heavy atom. The summed E-state index contributed by atoms with van der Waals surface area (Å²) in [4.78, 5) is 6.69. The van der Waals surface area contributed by atoms with Gasteiger partial charge in [0.1, 0.15) is 5.75 Å². The maximum Gasteiger partial charge on any atom is 0.119 e. The van der Waals surface area contributed by atoms with Crippen LogP contribution in [0.1, 0.15) is 31.2 Å². The summed E-state index contributed by atoms with van der Waals surface area (Å²) in [6, 6.07) is 8.28. The first kappa shape index (κ1) is 11.6. The number of benzene rings is 1. The van der Waals surface area contributed by atoms with E-state index in [9.17, 15) is 5.11 Å². The van der Waals surface area contributed by atoms with Crippen LogP contribution in [0, 0.1) is 5.92 Å². The molecule has 3 unspecified atom stereocenters. The van der Waals surface area contributed by atoms with E-state index >= 15 is 0 Å². The SMILES string of the molecule is CC1CC(c2ccccc2O)C(N2C=NCC2)C1. The van der Waals surface area contributed by atoms with E-state index in [2.05, 4.69) is 22.9 Å². The lowest BCUT2D eigenvalue weighted by molar-refractivity contribution is 0.314. The average molecular weight is 244 g/mol. The Labute approximate surface area is 108 Å². The summed E-state index contributed by atoms with van der Waals surface area (Å²) in [5.41, 5.74) is 1.10. The molecule has 0 radical (unpaired) electrons. The van der Waals surface area contributed by atoms with Gasteiger partial charge in [0.05, 0.1) is 12.9 Å². The molecule has 18 heavy (non-hydrogen) atoms. The van der Waals surface area contributed by atoms with Gasteiger partial charge in [-0.1, -0.05) is 25.1 Å². The quantitative estimate of drug-likeness (QED) is 0.868. The molecule has 1 aliphatic heterocycles. The van der Waals surface area contributed by atoms with Crippen LogP contribution in [0.2, 0.25) is 0 Å². The van der Waals surface area contributed by atoms with Crippen LogP contribution in [0.4, 0.5) is 0 Å². The highest BCUT2D eigenvalue weighted by Gasteiger charge is 2.37. The van der Waals surface area contributed by atoms with Crippen molar-refractivity contribution in [1.29, 1.82) is 0 Å². The van der Waals surface area contributed by atoms with Crippen molar-refractivity contribution in [3.63, 3.8) is 0 Å². The Kier molecular flexibility index (Phi) is 2.98. The second kappa shape index (κ2) is 4.63. The van der Waals surface area contributed by atoms with Crippen LogP contribution in [0.15, 0.2) is 29.3 Å². The van der Waals surface area contributed by atoms with Gasteiger partial charge in [0.15, 0.2) is 0 Å². The third kappa shape index (κ3) is 1.98. The summed E-state index contributed by atoms with van der Waals surface area (Å²) in [7, 11) is 0. The number of hydrogen-bond acceptors (Lipinski definition) is 3. The predicted octanol–water partition coefficient (Wildman–Crippen LogP) is 2.62. The smallest absolute Gasteiger partial charge is 0.119 e. The third-order valence-corrected chi connectivity index (χ3v) is 4.24. The topological polar surface area (TPSA) is 35.8 Å². The van der Waals surface area contributed by atoms with Crippen molar-refractivity contribution in [2.45, 2.75) is 31.7 Å². The van der Waals surface area contributed by atoms with Gasteiger partial charge in [-0.05, 0) is 30.4 Å². The van der Waals surface area contributed by atoms with E-state index in [4.69, 9.17) is 0 Å². The molecule has 1 heterocycles. The first-order valence-electron chi connectivity index (χ1n) is 6.79. The molecule has 1 fully saturated rings. The molecule has 3 atom stereocenters. The Balaban J connectivity index is 1.89. The van der Waals surface area contributed by atoms with Gasteiger partial charge in [-0.25, -0.2) is 0 Å². The number of nitrogens with zero attached hydrogens (tertiary/aromatic N) is 2. The van der Waals surface area contributed by atoms with Crippen LogP contribution in [-0.2, 0) is 0 Å². The minimum Gasteiger partial charge on any atom is -0.508 e. The minimum absolute atomic E-state index is 0.436. The molecule has 3 heteroatoms. The molecular weight excluding hydrogens is 224 g/mol. The van der Waals surface area contributed by atoms with Crippen molar-refractivity contribution >= 4 is 6.34 Å². The van der Waals surface area contributed by atoms with Crippen molar-refractivity contribution in [3.8, 4) is 5.75 Å². The largest absolute Gasteiger partial charge is 0.508 e. The lowest BCUT2D eigenvalue weighted by Crippen LogP contribution is -2.34. The lowest BCUT2D eigenvalue weighted by Gasteiger charge is -2.29. The van der Waals surface area contributed by atoms with Crippen LogP contribution in [0.25, 0.3) is 0 Å². The van der Waals surface area contributed by atoms with Gasteiger partial charge < -0.3 is 10.0 Å². The van der Waals surface area contributed by atoms with E-state index in [1.807, 2.05) is 18.5 Å². The standard InChI is InChI=1S/C15H20N2O/c1-11-8-13(12-4-2-3-5-15(12)18)14(9-11)17-7-6-16-10-17/h2-5,10-11,13-14,18H,6-9H2,1H3. The van der Waals surface area contributed by atoms with Crippen molar-refractivity contribution < 1.29 is 5.11 Å². The Morgan fingerprint density at radius 3 is 2.83 bits per heavy atom. The van der Waals surface area contributed by atoms with Crippen molar-refractivity contribution in [3.05, 3.63) is 29.8 Å². The van der Waals surface area contributed by atoms with Crippen LogP contribution >= 0.6 is 0 Å². The molecule has 1 aromatic rings. The number of rotatable bonds is 2. The highest BCUT2D eigenvalue weighted by atomic mass is 16.3. The van der Waals surface area contributed by atoms with Gasteiger partial charge in [-0.15, -0.1) is 0 Å². The zero-order chi connectivity index (χ0) is 12.5. The first-order valence-corrected chi connectivity index (χ1v) is 6.79. The van der Waals surface area contributed by atoms with Crippen molar-refractivity contribution in [2.24, 2.45) is 10.9 Å². The maximum absolute atomic E-state index is 10.1. The summed E-state index contributed by atoms with van der Waals surface area (Å²) in [5, 5.41) is 10.1. The molecule has 3 rings (SSSR count). The molecule has 1 N–H and O–H groups in total. The van der Waals surface area contributed by atoms with E-state index < -0.39 is 0 Å². The maximum atomic E-state index is 10.1. The van der Waals surface area contributed by atoms with Crippen molar-refractivity contribution in [2.75, 3.05) is 13.1 Å². The zero-order valence-electron chi connectivity index (χ0n) is 10.8. The minimum atomic E-state index is 0.436. The van der Waals surface area contributed by atoms with Gasteiger partial charge in [-0.3, -0.25) is 4.99 Å². The fraction of sp³-hybridized carbons (Fsp3) is 0.533. The van der Waals surface area contributed by atoms with Gasteiger partial charge in [0.2, 0.25) is 0 Å². The second-order valence-electron chi connectivity index (χ2n) is 5.57. The van der Waals surface area contributed by atoms with E-state index in [1.165, 1.54) is 6.42 Å². The van der Waals surface area contributed by atoms with Gasteiger partial charge >= 0.3 is 0 Å².